The fourth-order valence-corrected chi connectivity index (χ4v) is 3.20. The minimum absolute atomic E-state index is 0. The Labute approximate surface area is 170 Å². The molecule has 0 spiro atoms. The van der Waals surface area contributed by atoms with Gasteiger partial charge >= 0.3 is 5.97 Å². The minimum Gasteiger partial charge on any atom is -0.482 e. The van der Waals surface area contributed by atoms with E-state index in [4.69, 9.17) is 4.74 Å². The Morgan fingerprint density at radius 1 is 1.36 bits per heavy atom. The molecule has 2 atom stereocenters. The molecule has 1 saturated heterocycles. The van der Waals surface area contributed by atoms with E-state index in [1.54, 1.807) is 16.8 Å². The number of hydrogen-bond acceptors (Lipinski definition) is 6. The van der Waals surface area contributed by atoms with Gasteiger partial charge in [0, 0.05) is 38.8 Å². The van der Waals surface area contributed by atoms with Gasteiger partial charge in [0.25, 0.3) is 0 Å². The Hall–Kier alpha value is -2.58. The van der Waals surface area contributed by atoms with Crippen molar-refractivity contribution in [3.63, 3.8) is 0 Å². The third kappa shape index (κ3) is 5.46. The van der Waals surface area contributed by atoms with Gasteiger partial charge < -0.3 is 20.1 Å². The smallest absolute Gasteiger partial charge is 0.343 e. The van der Waals surface area contributed by atoms with Crippen molar-refractivity contribution in [2.24, 2.45) is 13.0 Å². The fourth-order valence-electron chi connectivity index (χ4n) is 3.20. The predicted molar refractivity (Wildman–Crippen MR) is 105 cm³/mol. The second-order valence-corrected chi connectivity index (χ2v) is 6.55. The van der Waals surface area contributed by atoms with Crippen LogP contribution >= 0.6 is 12.4 Å². The molecule has 0 radical (unpaired) electrons. The van der Waals surface area contributed by atoms with Crippen LogP contribution in [0.4, 0.5) is 0 Å². The quantitative estimate of drug-likeness (QED) is 0.664. The highest BCUT2D eigenvalue weighted by atomic mass is 35.5. The summed E-state index contributed by atoms with van der Waals surface area (Å²) in [6.45, 7) is 1.66. The lowest BCUT2D eigenvalue weighted by molar-refractivity contribution is -0.142. The Morgan fingerprint density at radius 3 is 2.89 bits per heavy atom. The molecule has 1 aliphatic heterocycles. The molecule has 0 saturated carbocycles. The van der Waals surface area contributed by atoms with Crippen LogP contribution in [0, 0.1) is 5.92 Å². The van der Waals surface area contributed by atoms with Gasteiger partial charge in [-0.05, 0) is 23.3 Å². The second-order valence-electron chi connectivity index (χ2n) is 6.55. The maximum Gasteiger partial charge on any atom is 0.343 e. The number of nitrogens with one attached hydrogen (secondary N) is 2. The van der Waals surface area contributed by atoms with Gasteiger partial charge in [-0.2, -0.15) is 5.10 Å². The highest BCUT2D eigenvalue weighted by molar-refractivity contribution is 5.85. The number of aromatic nitrogens is 2. The molecule has 2 aromatic rings. The number of aryl methyl sites for hydroxylation is 1. The number of rotatable bonds is 7. The number of halogens is 1. The lowest BCUT2D eigenvalue weighted by Gasteiger charge is -2.17. The highest BCUT2D eigenvalue weighted by Gasteiger charge is 2.34. The number of benzene rings is 1. The zero-order valence-corrected chi connectivity index (χ0v) is 16.7. The molecule has 1 amide bonds. The molecular weight excluding hydrogens is 384 g/mol. The SMILES string of the molecule is COC(=O)COc1cccc(CNC(=O)[C@H]2CNC[C@@H]2c2cnn(C)c2)c1.Cl. The number of nitrogens with zero attached hydrogens (tertiary/aromatic N) is 2. The normalized spacial score (nSPS) is 18.2. The van der Waals surface area contributed by atoms with E-state index in [2.05, 4.69) is 20.5 Å². The van der Waals surface area contributed by atoms with Crippen LogP contribution in [0.5, 0.6) is 5.75 Å². The summed E-state index contributed by atoms with van der Waals surface area (Å²) in [5.41, 5.74) is 1.97. The third-order valence-corrected chi connectivity index (χ3v) is 4.65. The summed E-state index contributed by atoms with van der Waals surface area (Å²) in [5, 5.41) is 10.5. The van der Waals surface area contributed by atoms with Crippen LogP contribution in [-0.4, -0.2) is 48.5 Å². The van der Waals surface area contributed by atoms with Crippen molar-refractivity contribution in [3.8, 4) is 5.75 Å². The molecule has 28 heavy (non-hydrogen) atoms. The van der Waals surface area contributed by atoms with Crippen molar-refractivity contribution >= 4 is 24.3 Å². The van der Waals surface area contributed by atoms with Crippen LogP contribution in [0.3, 0.4) is 0 Å². The van der Waals surface area contributed by atoms with E-state index >= 15 is 0 Å². The number of carbonyl (C=O) groups excluding carboxylic acids is 2. The van der Waals surface area contributed by atoms with Crippen LogP contribution in [0.2, 0.25) is 0 Å². The molecule has 1 aromatic carbocycles. The molecule has 0 bridgehead atoms. The van der Waals surface area contributed by atoms with E-state index in [-0.39, 0.29) is 36.8 Å². The first-order valence-corrected chi connectivity index (χ1v) is 8.82. The van der Waals surface area contributed by atoms with Crippen molar-refractivity contribution in [2.75, 3.05) is 26.8 Å². The summed E-state index contributed by atoms with van der Waals surface area (Å²) in [6, 6.07) is 7.28. The molecule has 1 aliphatic rings. The van der Waals surface area contributed by atoms with Crippen molar-refractivity contribution in [2.45, 2.75) is 12.5 Å². The van der Waals surface area contributed by atoms with Crippen LogP contribution < -0.4 is 15.4 Å². The number of esters is 1. The summed E-state index contributed by atoms with van der Waals surface area (Å²) in [4.78, 5) is 23.8. The summed E-state index contributed by atoms with van der Waals surface area (Å²) in [6.07, 6.45) is 3.78. The van der Waals surface area contributed by atoms with Crippen LogP contribution in [0.25, 0.3) is 0 Å². The Morgan fingerprint density at radius 2 is 2.18 bits per heavy atom. The lowest BCUT2D eigenvalue weighted by Crippen LogP contribution is -2.33. The first-order chi connectivity index (χ1) is 13.1. The van der Waals surface area contributed by atoms with Gasteiger partial charge in [-0.25, -0.2) is 4.79 Å². The topological polar surface area (TPSA) is 94.5 Å². The van der Waals surface area contributed by atoms with Gasteiger partial charge in [-0.1, -0.05) is 12.1 Å². The molecule has 3 rings (SSSR count). The van der Waals surface area contributed by atoms with E-state index < -0.39 is 5.97 Å². The summed E-state index contributed by atoms with van der Waals surface area (Å²) < 4.78 is 11.7. The van der Waals surface area contributed by atoms with E-state index in [9.17, 15) is 9.59 Å². The average molecular weight is 409 g/mol. The zero-order valence-electron chi connectivity index (χ0n) is 15.9. The Bertz CT molecular complexity index is 811. The van der Waals surface area contributed by atoms with E-state index in [0.717, 1.165) is 17.7 Å². The second kappa shape index (κ2) is 10.1. The highest BCUT2D eigenvalue weighted by Crippen LogP contribution is 2.28. The molecule has 2 heterocycles. The number of ether oxygens (including phenoxy) is 2. The standard InChI is InChI=1S/C19H24N4O4.ClH/c1-23-11-14(8-22-23)16-9-20-10-17(16)19(25)21-7-13-4-3-5-15(6-13)27-12-18(24)26-2;/h3-6,8,11,16-17,20H,7,9-10,12H2,1-2H3,(H,21,25);1H/t16-,17+;/m1./s1. The van der Waals surface area contributed by atoms with E-state index in [1.807, 2.05) is 31.6 Å². The third-order valence-electron chi connectivity index (χ3n) is 4.65. The maximum absolute atomic E-state index is 12.7. The molecular formula is C19H25ClN4O4. The number of hydrogen-bond donors (Lipinski definition) is 2. The first-order valence-electron chi connectivity index (χ1n) is 8.82. The van der Waals surface area contributed by atoms with E-state index in [1.165, 1.54) is 7.11 Å². The molecule has 9 heteroatoms. The fraction of sp³-hybridized carbons (Fsp3) is 0.421. The van der Waals surface area contributed by atoms with Gasteiger partial charge in [-0.3, -0.25) is 9.48 Å². The number of amides is 1. The molecule has 0 unspecified atom stereocenters. The van der Waals surface area contributed by atoms with Gasteiger partial charge in [0.1, 0.15) is 5.75 Å². The van der Waals surface area contributed by atoms with Gasteiger partial charge in [0.05, 0.1) is 19.2 Å². The largest absolute Gasteiger partial charge is 0.482 e. The van der Waals surface area contributed by atoms with E-state index in [0.29, 0.717) is 18.8 Å². The Balaban J connectivity index is 0.00000280. The molecule has 8 nitrogen and oxygen atoms in total. The van der Waals surface area contributed by atoms with Crippen molar-refractivity contribution in [3.05, 3.63) is 47.8 Å². The predicted octanol–water partition coefficient (Wildman–Crippen LogP) is 1.01. The van der Waals surface area contributed by atoms with Crippen molar-refractivity contribution in [1.29, 1.82) is 0 Å². The van der Waals surface area contributed by atoms with Gasteiger partial charge in [0.2, 0.25) is 5.91 Å². The summed E-state index contributed by atoms with van der Waals surface area (Å²) in [5.74, 6) is 0.114. The van der Waals surface area contributed by atoms with Crippen molar-refractivity contribution in [1.82, 2.24) is 20.4 Å². The molecule has 2 N–H and O–H groups in total. The first kappa shape index (κ1) is 21.7. The van der Waals surface area contributed by atoms with Crippen LogP contribution in [0.15, 0.2) is 36.7 Å². The van der Waals surface area contributed by atoms with Crippen LogP contribution in [0.1, 0.15) is 17.0 Å². The van der Waals surface area contributed by atoms with Gasteiger partial charge in [0.15, 0.2) is 6.61 Å². The maximum atomic E-state index is 12.7. The Kier molecular flexibility index (Phi) is 7.83. The lowest BCUT2D eigenvalue weighted by atomic mass is 9.90. The molecule has 152 valence electrons. The minimum atomic E-state index is -0.441. The number of methoxy groups -OCH3 is 1. The summed E-state index contributed by atoms with van der Waals surface area (Å²) >= 11 is 0. The molecule has 1 fully saturated rings. The molecule has 1 aromatic heterocycles. The van der Waals surface area contributed by atoms with Gasteiger partial charge in [-0.15, -0.1) is 12.4 Å². The molecule has 0 aliphatic carbocycles. The number of carbonyl (C=O) groups is 2. The average Bonchev–Trinajstić information content (AvgIpc) is 3.33. The monoisotopic (exact) mass is 408 g/mol. The van der Waals surface area contributed by atoms with Crippen LogP contribution in [-0.2, 0) is 27.9 Å². The summed E-state index contributed by atoms with van der Waals surface area (Å²) in [7, 11) is 3.19. The zero-order chi connectivity index (χ0) is 19.2. The van der Waals surface area contributed by atoms with Crippen molar-refractivity contribution < 1.29 is 19.1 Å².